The van der Waals surface area contributed by atoms with Crippen LogP contribution in [0, 0.1) is 0 Å². The molecule has 0 aliphatic heterocycles. The zero-order chi connectivity index (χ0) is 10.1. The van der Waals surface area contributed by atoms with Crippen LogP contribution in [0.3, 0.4) is 0 Å². The molecule has 0 unspecified atom stereocenters. The highest BCUT2D eigenvalue weighted by Gasteiger charge is 2.08. The van der Waals surface area contributed by atoms with Crippen LogP contribution >= 0.6 is 15.9 Å². The van der Waals surface area contributed by atoms with Gasteiger partial charge in [0, 0.05) is 18.7 Å². The van der Waals surface area contributed by atoms with E-state index in [9.17, 15) is 5.11 Å². The lowest BCUT2D eigenvalue weighted by Crippen LogP contribution is -2.05. The van der Waals surface area contributed by atoms with Gasteiger partial charge in [-0.15, -0.1) is 0 Å². The summed E-state index contributed by atoms with van der Waals surface area (Å²) in [5.74, 6) is 1.13. The highest BCUT2D eigenvalue weighted by Crippen LogP contribution is 2.22. The summed E-state index contributed by atoms with van der Waals surface area (Å²) in [5.41, 5.74) is 6.33. The van der Waals surface area contributed by atoms with Gasteiger partial charge >= 0.3 is 0 Å². The van der Waals surface area contributed by atoms with Gasteiger partial charge in [-0.3, -0.25) is 0 Å². The zero-order valence-electron chi connectivity index (χ0n) is 7.44. The summed E-state index contributed by atoms with van der Waals surface area (Å²) in [6, 6.07) is 3.29. The first kappa shape index (κ1) is 9.48. The predicted octanol–water partition coefficient (Wildman–Crippen LogP) is 1.30. The molecule has 0 fully saturated rings. The number of aromatic nitrogens is 2. The summed E-state index contributed by atoms with van der Waals surface area (Å²) in [7, 11) is 0. The fraction of sp³-hybridized carbons (Fsp3) is 0.222. The summed E-state index contributed by atoms with van der Waals surface area (Å²) < 4.78 is 2.65. The molecular weight excluding hydrogens is 246 g/mol. The van der Waals surface area contributed by atoms with E-state index in [0.717, 1.165) is 22.4 Å². The number of aromatic hydroxyl groups is 1. The highest BCUT2D eigenvalue weighted by atomic mass is 79.9. The van der Waals surface area contributed by atoms with E-state index < -0.39 is 0 Å². The maximum Gasteiger partial charge on any atom is 0.132 e. The highest BCUT2D eigenvalue weighted by molar-refractivity contribution is 9.10. The molecule has 3 N–H and O–H groups in total. The minimum absolute atomic E-state index is 0.234. The Morgan fingerprint density at radius 3 is 3.07 bits per heavy atom. The molecule has 5 heteroatoms. The molecule has 74 valence electrons. The number of halogens is 1. The third kappa shape index (κ3) is 1.49. The van der Waals surface area contributed by atoms with E-state index in [-0.39, 0.29) is 5.75 Å². The smallest absolute Gasteiger partial charge is 0.132 e. The molecule has 0 aliphatic rings. The number of nitrogens with zero attached hydrogens (tertiary/aromatic N) is 2. The number of imidazole rings is 1. The molecule has 0 atom stereocenters. The van der Waals surface area contributed by atoms with Crippen molar-refractivity contribution in [3.8, 4) is 5.75 Å². The Morgan fingerprint density at radius 1 is 1.57 bits per heavy atom. The van der Waals surface area contributed by atoms with Crippen LogP contribution in [0.4, 0.5) is 0 Å². The predicted molar refractivity (Wildman–Crippen MR) is 57.3 cm³/mol. The van der Waals surface area contributed by atoms with Crippen LogP contribution < -0.4 is 5.73 Å². The van der Waals surface area contributed by atoms with Gasteiger partial charge in [-0.05, 0) is 28.5 Å². The number of rotatable bonds is 2. The maximum absolute atomic E-state index is 9.31. The van der Waals surface area contributed by atoms with E-state index in [0.29, 0.717) is 6.54 Å². The van der Waals surface area contributed by atoms with Gasteiger partial charge < -0.3 is 15.2 Å². The Kier molecular flexibility index (Phi) is 2.43. The van der Waals surface area contributed by atoms with Crippen LogP contribution in [0.25, 0.3) is 5.52 Å². The van der Waals surface area contributed by atoms with Gasteiger partial charge in [-0.25, -0.2) is 4.98 Å². The largest absolute Gasteiger partial charge is 0.508 e. The number of nitrogens with two attached hydrogens (primary N) is 1. The van der Waals surface area contributed by atoms with E-state index in [1.54, 1.807) is 18.3 Å². The molecule has 2 aromatic rings. The molecule has 2 rings (SSSR count). The third-order valence-electron chi connectivity index (χ3n) is 2.02. The van der Waals surface area contributed by atoms with Gasteiger partial charge in [0.05, 0.1) is 5.52 Å². The fourth-order valence-electron chi connectivity index (χ4n) is 1.40. The van der Waals surface area contributed by atoms with E-state index in [2.05, 4.69) is 20.9 Å². The number of hydrogen-bond donors (Lipinski definition) is 2. The lowest BCUT2D eigenvalue weighted by atomic mass is 10.4. The van der Waals surface area contributed by atoms with Crippen molar-refractivity contribution in [3.63, 3.8) is 0 Å². The molecule has 0 saturated carbocycles. The van der Waals surface area contributed by atoms with Crippen molar-refractivity contribution in [2.75, 3.05) is 6.54 Å². The first-order valence-electron chi connectivity index (χ1n) is 4.28. The average molecular weight is 256 g/mol. The van der Waals surface area contributed by atoms with E-state index in [4.69, 9.17) is 5.73 Å². The first-order valence-corrected chi connectivity index (χ1v) is 5.07. The van der Waals surface area contributed by atoms with Crippen molar-refractivity contribution in [2.24, 2.45) is 5.73 Å². The molecule has 0 aromatic carbocycles. The summed E-state index contributed by atoms with van der Waals surface area (Å²) >= 11 is 3.34. The number of hydrogen-bond acceptors (Lipinski definition) is 3. The van der Waals surface area contributed by atoms with Crippen molar-refractivity contribution in [2.45, 2.75) is 6.42 Å². The molecule has 14 heavy (non-hydrogen) atoms. The van der Waals surface area contributed by atoms with Gasteiger partial charge in [0.2, 0.25) is 0 Å². The second-order valence-corrected chi connectivity index (χ2v) is 3.75. The number of fused-ring (bicyclic) bond motifs is 1. The normalized spacial score (nSPS) is 11.0. The Morgan fingerprint density at radius 2 is 2.36 bits per heavy atom. The topological polar surface area (TPSA) is 63.5 Å². The standard InChI is InChI=1S/C9H10BrN3O/c10-9-7-5-6(14)2-4-13(7)8(12-9)1-3-11/h2,4-5,14H,1,3,11H2. The molecular formula is C9H10BrN3O. The Balaban J connectivity index is 2.65. The van der Waals surface area contributed by atoms with E-state index in [1.807, 2.05) is 4.40 Å². The van der Waals surface area contributed by atoms with Crippen molar-refractivity contribution < 1.29 is 5.11 Å². The van der Waals surface area contributed by atoms with Gasteiger partial charge in [0.25, 0.3) is 0 Å². The molecule has 0 bridgehead atoms. The molecule has 0 radical (unpaired) electrons. The zero-order valence-corrected chi connectivity index (χ0v) is 9.03. The summed E-state index contributed by atoms with van der Waals surface area (Å²) in [6.45, 7) is 0.562. The molecule has 0 saturated heterocycles. The first-order chi connectivity index (χ1) is 6.72. The molecule has 0 aliphatic carbocycles. The van der Waals surface area contributed by atoms with Crippen LogP contribution in [0.5, 0.6) is 5.75 Å². The minimum Gasteiger partial charge on any atom is -0.508 e. The summed E-state index contributed by atoms with van der Waals surface area (Å²) in [4.78, 5) is 4.31. The molecule has 0 amide bonds. The lowest BCUT2D eigenvalue weighted by molar-refractivity contribution is 0.475. The fourth-order valence-corrected chi connectivity index (χ4v) is 1.91. The second-order valence-electron chi connectivity index (χ2n) is 3.00. The van der Waals surface area contributed by atoms with Gasteiger partial charge in [0.1, 0.15) is 16.2 Å². The second kappa shape index (κ2) is 3.59. The van der Waals surface area contributed by atoms with Crippen LogP contribution in [-0.4, -0.2) is 21.0 Å². The van der Waals surface area contributed by atoms with Crippen LogP contribution in [0.2, 0.25) is 0 Å². The molecule has 2 aromatic heterocycles. The number of pyridine rings is 1. The summed E-state index contributed by atoms with van der Waals surface area (Å²) in [6.07, 6.45) is 2.50. The summed E-state index contributed by atoms with van der Waals surface area (Å²) in [5, 5.41) is 9.31. The van der Waals surface area contributed by atoms with Gasteiger partial charge in [-0.1, -0.05) is 0 Å². The Labute approximate surface area is 89.5 Å². The van der Waals surface area contributed by atoms with Crippen molar-refractivity contribution in [1.29, 1.82) is 0 Å². The third-order valence-corrected chi connectivity index (χ3v) is 2.61. The molecule has 2 heterocycles. The maximum atomic E-state index is 9.31. The van der Waals surface area contributed by atoms with Gasteiger partial charge in [0.15, 0.2) is 0 Å². The van der Waals surface area contributed by atoms with Crippen LogP contribution in [0.1, 0.15) is 5.82 Å². The quantitative estimate of drug-likeness (QED) is 0.851. The molecule has 0 spiro atoms. The Bertz CT molecular complexity index is 466. The van der Waals surface area contributed by atoms with Crippen LogP contribution in [0.15, 0.2) is 22.9 Å². The molecule has 4 nitrogen and oxygen atoms in total. The van der Waals surface area contributed by atoms with Crippen molar-refractivity contribution in [1.82, 2.24) is 9.38 Å². The van der Waals surface area contributed by atoms with Crippen LogP contribution in [-0.2, 0) is 6.42 Å². The monoisotopic (exact) mass is 255 g/mol. The lowest BCUT2D eigenvalue weighted by Gasteiger charge is -1.99. The van der Waals surface area contributed by atoms with Crippen molar-refractivity contribution in [3.05, 3.63) is 28.8 Å². The van der Waals surface area contributed by atoms with Crippen molar-refractivity contribution >= 4 is 21.4 Å². The minimum atomic E-state index is 0.234. The van der Waals surface area contributed by atoms with Gasteiger partial charge in [-0.2, -0.15) is 0 Å². The average Bonchev–Trinajstić information content (AvgIpc) is 2.44. The SMILES string of the molecule is NCCc1nc(Br)c2cc(O)ccn12. The van der Waals surface area contributed by atoms with E-state index >= 15 is 0 Å². The Hall–Kier alpha value is -1.07. The van der Waals surface area contributed by atoms with E-state index in [1.165, 1.54) is 0 Å².